The number of aliphatic hydroxyl groups excluding tert-OH is 2. The highest BCUT2D eigenvalue weighted by Crippen LogP contribution is 2.51. The zero-order valence-corrected chi connectivity index (χ0v) is 18.2. The number of hydrogen-bond donors (Lipinski definition) is 2. The topological polar surface area (TPSA) is 70.0 Å². The van der Waals surface area contributed by atoms with Crippen molar-refractivity contribution in [3.63, 3.8) is 0 Å². The second kappa shape index (κ2) is 11.5. The lowest BCUT2D eigenvalue weighted by Gasteiger charge is -2.19. The van der Waals surface area contributed by atoms with E-state index in [9.17, 15) is 15.0 Å². The Hall–Kier alpha value is -0.910. The molecule has 0 aromatic carbocycles. The molecule has 2 unspecified atom stereocenters. The van der Waals surface area contributed by atoms with Crippen molar-refractivity contribution in [3.05, 3.63) is 12.2 Å². The van der Waals surface area contributed by atoms with Gasteiger partial charge in [-0.2, -0.15) is 0 Å². The summed E-state index contributed by atoms with van der Waals surface area (Å²) in [5, 5.41) is 20.7. The van der Waals surface area contributed by atoms with Crippen LogP contribution in [0.2, 0.25) is 0 Å². The van der Waals surface area contributed by atoms with E-state index in [-0.39, 0.29) is 30.6 Å². The molecule has 0 spiro atoms. The van der Waals surface area contributed by atoms with Crippen LogP contribution in [0.25, 0.3) is 0 Å². The van der Waals surface area contributed by atoms with Crippen LogP contribution in [0.15, 0.2) is 12.2 Å². The van der Waals surface area contributed by atoms with Gasteiger partial charge in [0.2, 0.25) is 5.91 Å². The summed E-state index contributed by atoms with van der Waals surface area (Å²) < 4.78 is 5.68. The number of likely N-dealkylation sites (tertiary alicyclic amines) is 1. The molecule has 29 heavy (non-hydrogen) atoms. The van der Waals surface area contributed by atoms with Crippen molar-refractivity contribution in [3.8, 4) is 0 Å². The van der Waals surface area contributed by atoms with Crippen LogP contribution in [0, 0.1) is 23.7 Å². The Morgan fingerprint density at radius 3 is 2.76 bits per heavy atom. The molecule has 3 rings (SSSR count). The average molecular weight is 408 g/mol. The lowest BCUT2D eigenvalue weighted by molar-refractivity contribution is -0.135. The van der Waals surface area contributed by atoms with Crippen LogP contribution in [-0.4, -0.2) is 59.5 Å². The van der Waals surface area contributed by atoms with Gasteiger partial charge >= 0.3 is 0 Å². The fourth-order valence-corrected chi connectivity index (χ4v) is 5.70. The SMILES string of the molecule is CCCCCC(O)C=C[C@H]1[C@@H]2CC(CCOCC(=O)N3CCCC3)C[C@H]2C[C@@H]1O. The van der Waals surface area contributed by atoms with E-state index in [0.29, 0.717) is 24.4 Å². The first kappa shape index (κ1) is 22.8. The number of unbranched alkanes of at least 4 members (excludes halogenated alkanes) is 2. The first-order valence-electron chi connectivity index (χ1n) is 12.0. The molecular formula is C24H41NO4. The Morgan fingerprint density at radius 2 is 2.00 bits per heavy atom. The van der Waals surface area contributed by atoms with Gasteiger partial charge in [-0.1, -0.05) is 38.3 Å². The minimum atomic E-state index is -0.383. The number of carbonyl (C=O) groups is 1. The lowest BCUT2D eigenvalue weighted by Crippen LogP contribution is -2.31. The minimum Gasteiger partial charge on any atom is -0.392 e. The van der Waals surface area contributed by atoms with Crippen LogP contribution >= 0.6 is 0 Å². The Morgan fingerprint density at radius 1 is 1.21 bits per heavy atom. The van der Waals surface area contributed by atoms with Crippen molar-refractivity contribution in [2.24, 2.45) is 23.7 Å². The van der Waals surface area contributed by atoms with Gasteiger partial charge in [0.1, 0.15) is 6.61 Å². The van der Waals surface area contributed by atoms with Crippen LogP contribution in [0.4, 0.5) is 0 Å². The van der Waals surface area contributed by atoms with Gasteiger partial charge in [-0.25, -0.2) is 0 Å². The van der Waals surface area contributed by atoms with Crippen LogP contribution in [0.1, 0.15) is 71.1 Å². The molecule has 0 bridgehead atoms. The molecule has 5 nitrogen and oxygen atoms in total. The number of nitrogens with zero attached hydrogens (tertiary/aromatic N) is 1. The van der Waals surface area contributed by atoms with Crippen LogP contribution in [0.5, 0.6) is 0 Å². The fourth-order valence-electron chi connectivity index (χ4n) is 5.70. The molecule has 5 heteroatoms. The maximum atomic E-state index is 12.0. The molecule has 3 fully saturated rings. The highest BCUT2D eigenvalue weighted by molar-refractivity contribution is 5.77. The van der Waals surface area contributed by atoms with E-state index in [2.05, 4.69) is 13.0 Å². The quantitative estimate of drug-likeness (QED) is 0.406. The molecule has 0 aromatic rings. The van der Waals surface area contributed by atoms with Gasteiger partial charge in [0.25, 0.3) is 0 Å². The standard InChI is InChI=1S/C24H41NO4/c1-2-3-4-7-20(26)8-9-21-22-15-18(14-19(22)16-23(21)27)10-13-29-17-24(28)25-11-5-6-12-25/h8-9,18-23,26-27H,2-7,10-17H2,1H3/t18?,19-,20?,21-,22+,23-/m0/s1. The number of aliphatic hydroxyl groups is 2. The summed E-state index contributed by atoms with van der Waals surface area (Å²) in [6.07, 6.45) is 14.0. The largest absolute Gasteiger partial charge is 0.392 e. The summed E-state index contributed by atoms with van der Waals surface area (Å²) in [7, 11) is 0. The predicted octanol–water partition coefficient (Wildman–Crippen LogP) is 3.54. The summed E-state index contributed by atoms with van der Waals surface area (Å²) in [6, 6.07) is 0. The lowest BCUT2D eigenvalue weighted by atomic mass is 9.89. The van der Waals surface area contributed by atoms with Crippen LogP contribution < -0.4 is 0 Å². The van der Waals surface area contributed by atoms with Crippen molar-refractivity contribution in [2.45, 2.75) is 83.3 Å². The predicted molar refractivity (Wildman–Crippen MR) is 114 cm³/mol. The van der Waals surface area contributed by atoms with Gasteiger partial charge < -0.3 is 19.8 Å². The summed E-state index contributed by atoms with van der Waals surface area (Å²) in [4.78, 5) is 13.9. The van der Waals surface area contributed by atoms with Crippen molar-refractivity contribution < 1.29 is 19.7 Å². The fraction of sp³-hybridized carbons (Fsp3) is 0.875. The summed E-state index contributed by atoms with van der Waals surface area (Å²) in [5.41, 5.74) is 0. The first-order chi connectivity index (χ1) is 14.1. The molecule has 0 radical (unpaired) electrons. The van der Waals surface area contributed by atoms with E-state index in [4.69, 9.17) is 4.74 Å². The molecule has 6 atom stereocenters. The maximum Gasteiger partial charge on any atom is 0.248 e. The molecule has 1 saturated heterocycles. The zero-order chi connectivity index (χ0) is 20.6. The molecule has 1 heterocycles. The molecule has 2 saturated carbocycles. The van der Waals surface area contributed by atoms with Crippen molar-refractivity contribution >= 4 is 5.91 Å². The highest BCUT2D eigenvalue weighted by atomic mass is 16.5. The molecule has 1 aliphatic heterocycles. The molecule has 166 valence electrons. The number of rotatable bonds is 11. The number of hydrogen-bond acceptors (Lipinski definition) is 4. The molecule has 3 aliphatic rings. The monoisotopic (exact) mass is 407 g/mol. The zero-order valence-electron chi connectivity index (χ0n) is 18.2. The molecule has 1 amide bonds. The van der Waals surface area contributed by atoms with Crippen molar-refractivity contribution in [1.82, 2.24) is 4.90 Å². The average Bonchev–Trinajstić information content (AvgIpc) is 3.41. The van der Waals surface area contributed by atoms with E-state index in [0.717, 1.165) is 70.9 Å². The Labute approximate surface area is 176 Å². The summed E-state index contributed by atoms with van der Waals surface area (Å²) in [6.45, 7) is 4.82. The number of fused-ring (bicyclic) bond motifs is 1. The van der Waals surface area contributed by atoms with Crippen molar-refractivity contribution in [1.29, 1.82) is 0 Å². The Kier molecular flexibility index (Phi) is 9.01. The van der Waals surface area contributed by atoms with Gasteiger partial charge in [0, 0.05) is 25.6 Å². The normalized spacial score (nSPS) is 32.9. The molecule has 2 N–H and O–H groups in total. The van der Waals surface area contributed by atoms with E-state index in [1.165, 1.54) is 6.42 Å². The Bertz CT molecular complexity index is 531. The van der Waals surface area contributed by atoms with Gasteiger partial charge in [-0.05, 0) is 62.7 Å². The first-order valence-corrected chi connectivity index (χ1v) is 12.0. The smallest absolute Gasteiger partial charge is 0.248 e. The van der Waals surface area contributed by atoms with Crippen LogP contribution in [0.3, 0.4) is 0 Å². The third-order valence-corrected chi connectivity index (χ3v) is 7.34. The van der Waals surface area contributed by atoms with E-state index >= 15 is 0 Å². The molecular weight excluding hydrogens is 366 g/mol. The number of ether oxygens (including phenoxy) is 1. The van der Waals surface area contributed by atoms with Crippen molar-refractivity contribution in [2.75, 3.05) is 26.3 Å². The number of carbonyl (C=O) groups excluding carboxylic acids is 1. The molecule has 0 aromatic heterocycles. The van der Waals surface area contributed by atoms with E-state index < -0.39 is 0 Å². The third-order valence-electron chi connectivity index (χ3n) is 7.34. The van der Waals surface area contributed by atoms with Crippen LogP contribution in [-0.2, 0) is 9.53 Å². The summed E-state index contributed by atoms with van der Waals surface area (Å²) in [5.74, 6) is 2.07. The maximum absolute atomic E-state index is 12.0. The second-order valence-corrected chi connectivity index (χ2v) is 9.52. The summed E-state index contributed by atoms with van der Waals surface area (Å²) >= 11 is 0. The van der Waals surface area contributed by atoms with E-state index in [1.807, 2.05) is 11.0 Å². The van der Waals surface area contributed by atoms with E-state index in [1.54, 1.807) is 0 Å². The number of amides is 1. The minimum absolute atomic E-state index is 0.136. The van der Waals surface area contributed by atoms with Gasteiger partial charge in [-0.3, -0.25) is 4.79 Å². The van der Waals surface area contributed by atoms with Gasteiger partial charge in [-0.15, -0.1) is 0 Å². The van der Waals surface area contributed by atoms with Gasteiger partial charge in [0.15, 0.2) is 0 Å². The molecule has 2 aliphatic carbocycles. The highest BCUT2D eigenvalue weighted by Gasteiger charge is 2.46. The van der Waals surface area contributed by atoms with Gasteiger partial charge in [0.05, 0.1) is 12.2 Å². The second-order valence-electron chi connectivity index (χ2n) is 9.52. The third kappa shape index (κ3) is 6.53. The Balaban J connectivity index is 1.36.